The summed E-state index contributed by atoms with van der Waals surface area (Å²) in [4.78, 5) is 14.4. The minimum atomic E-state index is 0.193. The van der Waals surface area contributed by atoms with Crippen LogP contribution in [-0.2, 0) is 0 Å². The van der Waals surface area contributed by atoms with E-state index in [4.69, 9.17) is 5.73 Å². The second-order valence-electron chi connectivity index (χ2n) is 5.71. The Bertz CT molecular complexity index is 431. The van der Waals surface area contributed by atoms with E-state index in [1.807, 2.05) is 21.7 Å². The van der Waals surface area contributed by atoms with Crippen molar-refractivity contribution in [1.29, 1.82) is 0 Å². The molecule has 0 spiro atoms. The first-order valence-corrected chi connectivity index (χ1v) is 7.71. The van der Waals surface area contributed by atoms with Crippen molar-refractivity contribution in [2.24, 2.45) is 17.1 Å². The summed E-state index contributed by atoms with van der Waals surface area (Å²) in [6, 6.07) is 1.92. The number of carbonyl (C=O) groups excluding carboxylic acids is 1. The minimum Gasteiger partial charge on any atom is -0.338 e. The van der Waals surface area contributed by atoms with Crippen LogP contribution in [0.1, 0.15) is 36.0 Å². The molecular weight excluding hydrogens is 244 g/mol. The number of hydrogen-bond acceptors (Lipinski definition) is 3. The number of nitrogens with zero attached hydrogens (tertiary/aromatic N) is 1. The van der Waals surface area contributed by atoms with E-state index in [2.05, 4.69) is 0 Å². The van der Waals surface area contributed by atoms with Crippen LogP contribution in [0.3, 0.4) is 0 Å². The molecule has 1 aromatic heterocycles. The predicted molar refractivity (Wildman–Crippen MR) is 73.7 cm³/mol. The fourth-order valence-corrected chi connectivity index (χ4v) is 4.27. The van der Waals surface area contributed by atoms with Crippen LogP contribution in [0, 0.1) is 11.3 Å². The summed E-state index contributed by atoms with van der Waals surface area (Å²) in [5, 5.41) is 3.91. The first kappa shape index (κ1) is 12.2. The molecule has 1 aliphatic carbocycles. The van der Waals surface area contributed by atoms with Gasteiger partial charge in [0, 0.05) is 23.9 Å². The molecule has 0 aromatic carbocycles. The standard InChI is InChI=1S/C14H20N2OS/c15-9-14-5-2-1-3-12(14)7-16(10-14)13(17)11-4-6-18-8-11/h4,6,8,12H,1-3,5,7,9-10,15H2. The summed E-state index contributed by atoms with van der Waals surface area (Å²) in [5.74, 6) is 0.817. The molecule has 1 saturated heterocycles. The van der Waals surface area contributed by atoms with Crippen LogP contribution in [0.15, 0.2) is 16.8 Å². The maximum absolute atomic E-state index is 12.4. The van der Waals surface area contributed by atoms with Crippen molar-refractivity contribution in [2.45, 2.75) is 25.7 Å². The Hall–Kier alpha value is -0.870. The Morgan fingerprint density at radius 1 is 1.56 bits per heavy atom. The highest BCUT2D eigenvalue weighted by Crippen LogP contribution is 2.46. The van der Waals surface area contributed by atoms with Crippen molar-refractivity contribution < 1.29 is 4.79 Å². The fourth-order valence-electron chi connectivity index (χ4n) is 3.64. The lowest BCUT2D eigenvalue weighted by atomic mass is 9.68. The molecule has 0 radical (unpaired) electrons. The van der Waals surface area contributed by atoms with Gasteiger partial charge >= 0.3 is 0 Å². The molecule has 2 N–H and O–H groups in total. The third kappa shape index (κ3) is 1.88. The number of likely N-dealkylation sites (tertiary alicyclic amines) is 1. The molecule has 2 heterocycles. The van der Waals surface area contributed by atoms with Crippen molar-refractivity contribution in [1.82, 2.24) is 4.90 Å². The van der Waals surface area contributed by atoms with Crippen molar-refractivity contribution in [3.05, 3.63) is 22.4 Å². The van der Waals surface area contributed by atoms with E-state index in [0.29, 0.717) is 5.92 Å². The Balaban J connectivity index is 1.79. The van der Waals surface area contributed by atoms with Crippen LogP contribution in [0.5, 0.6) is 0 Å². The molecule has 2 aliphatic rings. The van der Waals surface area contributed by atoms with Crippen molar-refractivity contribution >= 4 is 17.2 Å². The van der Waals surface area contributed by atoms with Crippen LogP contribution >= 0.6 is 11.3 Å². The predicted octanol–water partition coefficient (Wildman–Crippen LogP) is 2.34. The average Bonchev–Trinajstić information content (AvgIpc) is 3.05. The molecule has 1 saturated carbocycles. The van der Waals surface area contributed by atoms with Gasteiger partial charge in [-0.2, -0.15) is 11.3 Å². The SMILES string of the molecule is NCC12CCCCC1CN(C(=O)c1ccsc1)C2. The second kappa shape index (κ2) is 4.67. The number of carbonyl (C=O) groups is 1. The van der Waals surface area contributed by atoms with E-state index < -0.39 is 0 Å². The van der Waals surface area contributed by atoms with E-state index in [1.165, 1.54) is 25.7 Å². The molecule has 4 heteroatoms. The van der Waals surface area contributed by atoms with Gasteiger partial charge in [0.15, 0.2) is 0 Å². The largest absolute Gasteiger partial charge is 0.338 e. The summed E-state index contributed by atoms with van der Waals surface area (Å²) in [7, 11) is 0. The van der Waals surface area contributed by atoms with Gasteiger partial charge < -0.3 is 10.6 Å². The van der Waals surface area contributed by atoms with Crippen LogP contribution in [-0.4, -0.2) is 30.4 Å². The van der Waals surface area contributed by atoms with Crippen molar-refractivity contribution in [2.75, 3.05) is 19.6 Å². The van der Waals surface area contributed by atoms with Crippen LogP contribution in [0.2, 0.25) is 0 Å². The maximum Gasteiger partial charge on any atom is 0.254 e. The third-order valence-corrected chi connectivity index (χ3v) is 5.43. The highest BCUT2D eigenvalue weighted by Gasteiger charge is 2.47. The van der Waals surface area contributed by atoms with Gasteiger partial charge in [0.05, 0.1) is 5.56 Å². The molecule has 2 unspecified atom stereocenters. The van der Waals surface area contributed by atoms with Gasteiger partial charge in [-0.05, 0) is 36.8 Å². The zero-order chi connectivity index (χ0) is 12.6. The van der Waals surface area contributed by atoms with Gasteiger partial charge in [-0.3, -0.25) is 4.79 Å². The topological polar surface area (TPSA) is 46.3 Å². The number of nitrogens with two attached hydrogens (primary N) is 1. The fraction of sp³-hybridized carbons (Fsp3) is 0.643. The zero-order valence-electron chi connectivity index (χ0n) is 10.6. The van der Waals surface area contributed by atoms with E-state index in [0.717, 1.165) is 25.2 Å². The Morgan fingerprint density at radius 3 is 3.11 bits per heavy atom. The van der Waals surface area contributed by atoms with Crippen LogP contribution in [0.4, 0.5) is 0 Å². The summed E-state index contributed by atoms with van der Waals surface area (Å²) < 4.78 is 0. The lowest BCUT2D eigenvalue weighted by molar-refractivity contribution is 0.0771. The van der Waals surface area contributed by atoms with Crippen molar-refractivity contribution in [3.8, 4) is 0 Å². The number of rotatable bonds is 2. The molecule has 0 bridgehead atoms. The lowest BCUT2D eigenvalue weighted by Crippen LogP contribution is -2.40. The number of fused-ring (bicyclic) bond motifs is 1. The number of hydrogen-bond donors (Lipinski definition) is 1. The normalized spacial score (nSPS) is 31.4. The maximum atomic E-state index is 12.4. The molecule has 3 rings (SSSR count). The van der Waals surface area contributed by atoms with Crippen molar-refractivity contribution in [3.63, 3.8) is 0 Å². The molecule has 98 valence electrons. The van der Waals surface area contributed by atoms with Crippen LogP contribution in [0.25, 0.3) is 0 Å². The van der Waals surface area contributed by atoms with E-state index in [-0.39, 0.29) is 11.3 Å². The smallest absolute Gasteiger partial charge is 0.254 e. The molecule has 3 nitrogen and oxygen atoms in total. The van der Waals surface area contributed by atoms with Gasteiger partial charge in [0.1, 0.15) is 0 Å². The van der Waals surface area contributed by atoms with Gasteiger partial charge in [-0.15, -0.1) is 0 Å². The first-order chi connectivity index (χ1) is 8.75. The highest BCUT2D eigenvalue weighted by atomic mass is 32.1. The Labute approximate surface area is 112 Å². The summed E-state index contributed by atoms with van der Waals surface area (Å²) in [5.41, 5.74) is 7.08. The molecule has 2 fully saturated rings. The number of thiophene rings is 1. The van der Waals surface area contributed by atoms with Gasteiger partial charge in [-0.25, -0.2) is 0 Å². The molecule has 1 aromatic rings. The lowest BCUT2D eigenvalue weighted by Gasteiger charge is -2.37. The molecule has 1 aliphatic heterocycles. The third-order valence-electron chi connectivity index (χ3n) is 4.75. The van der Waals surface area contributed by atoms with Gasteiger partial charge in [-0.1, -0.05) is 12.8 Å². The highest BCUT2D eigenvalue weighted by molar-refractivity contribution is 7.08. The Morgan fingerprint density at radius 2 is 2.44 bits per heavy atom. The molecule has 1 amide bonds. The summed E-state index contributed by atoms with van der Waals surface area (Å²) in [6.45, 7) is 2.50. The van der Waals surface area contributed by atoms with E-state index >= 15 is 0 Å². The second-order valence-corrected chi connectivity index (χ2v) is 6.49. The quantitative estimate of drug-likeness (QED) is 0.891. The number of amides is 1. The minimum absolute atomic E-state index is 0.193. The van der Waals surface area contributed by atoms with E-state index in [1.54, 1.807) is 11.3 Å². The van der Waals surface area contributed by atoms with Gasteiger partial charge in [0.2, 0.25) is 0 Å². The van der Waals surface area contributed by atoms with Crippen LogP contribution < -0.4 is 5.73 Å². The summed E-state index contributed by atoms with van der Waals surface area (Å²) >= 11 is 1.58. The monoisotopic (exact) mass is 264 g/mol. The zero-order valence-corrected chi connectivity index (χ0v) is 11.4. The first-order valence-electron chi connectivity index (χ1n) is 6.77. The summed E-state index contributed by atoms with van der Waals surface area (Å²) in [6.07, 6.45) is 5.01. The Kier molecular flexibility index (Phi) is 3.16. The van der Waals surface area contributed by atoms with Gasteiger partial charge in [0.25, 0.3) is 5.91 Å². The molecular formula is C14H20N2OS. The van der Waals surface area contributed by atoms with E-state index in [9.17, 15) is 4.79 Å². The molecule has 2 atom stereocenters. The average molecular weight is 264 g/mol. The molecule has 18 heavy (non-hydrogen) atoms.